The number of nitrogens with two attached hydrogens (primary N) is 1. The molecule has 0 saturated heterocycles. The normalized spacial score (nSPS) is 12.8. The Morgan fingerprint density at radius 1 is 1.07 bits per heavy atom. The minimum atomic E-state index is -0.994. The summed E-state index contributed by atoms with van der Waals surface area (Å²) in [6, 6.07) is 9.16. The van der Waals surface area contributed by atoms with Gasteiger partial charge < -0.3 is 16.0 Å². The zero-order chi connectivity index (χ0) is 20.5. The van der Waals surface area contributed by atoms with Gasteiger partial charge in [-0.25, -0.2) is 18.2 Å². The van der Waals surface area contributed by atoms with E-state index in [9.17, 15) is 18.0 Å². The molecule has 3 N–H and O–H groups in total. The largest absolute Gasteiger partial charge is 0.339 e. The lowest BCUT2D eigenvalue weighted by Gasteiger charge is -2.22. The van der Waals surface area contributed by atoms with Gasteiger partial charge in [-0.05, 0) is 36.4 Å². The number of fused-ring (bicyclic) bond motifs is 1. The Morgan fingerprint density at radius 2 is 1.83 bits per heavy atom. The van der Waals surface area contributed by atoms with Crippen LogP contribution in [0.4, 0.5) is 24.7 Å². The maximum absolute atomic E-state index is 13.6. The number of rotatable bonds is 4. The molecule has 0 atom stereocenters. The summed E-state index contributed by atoms with van der Waals surface area (Å²) >= 11 is 0. The Morgan fingerprint density at radius 3 is 2.52 bits per heavy atom. The molecule has 6 nitrogen and oxygen atoms in total. The molecule has 148 valence electrons. The quantitative estimate of drug-likeness (QED) is 0.705. The average molecular weight is 399 g/mol. The molecule has 0 aliphatic carbocycles. The number of nitrogens with one attached hydrogen (secondary N) is 1. The van der Waals surface area contributed by atoms with Gasteiger partial charge in [0.1, 0.15) is 23.2 Å². The molecule has 2 heterocycles. The van der Waals surface area contributed by atoms with Gasteiger partial charge in [0.05, 0.1) is 13.1 Å². The fourth-order valence-corrected chi connectivity index (χ4v) is 3.03. The number of anilines is 2. The molecule has 4 rings (SSSR count). The van der Waals surface area contributed by atoms with Gasteiger partial charge in [-0.2, -0.15) is 0 Å². The highest BCUT2D eigenvalue weighted by Gasteiger charge is 2.24. The van der Waals surface area contributed by atoms with Crippen LogP contribution in [0.2, 0.25) is 0 Å². The van der Waals surface area contributed by atoms with Crippen molar-refractivity contribution in [3.05, 3.63) is 71.9 Å². The molecule has 1 aliphatic heterocycles. The van der Waals surface area contributed by atoms with Gasteiger partial charge in [0.2, 0.25) is 5.91 Å². The zero-order valence-corrected chi connectivity index (χ0v) is 15.1. The maximum atomic E-state index is 13.6. The van der Waals surface area contributed by atoms with Gasteiger partial charge in [-0.15, -0.1) is 0 Å². The monoisotopic (exact) mass is 399 g/mol. The smallest absolute Gasteiger partial charge is 0.240 e. The first kappa shape index (κ1) is 18.8. The van der Waals surface area contributed by atoms with Crippen LogP contribution in [0.3, 0.4) is 0 Å². The summed E-state index contributed by atoms with van der Waals surface area (Å²) in [6.07, 6.45) is 3.18. The Labute approximate surface area is 164 Å². The lowest BCUT2D eigenvalue weighted by molar-refractivity contribution is -0.127. The minimum Gasteiger partial charge on any atom is -0.339 e. The lowest BCUT2D eigenvalue weighted by Crippen LogP contribution is -2.33. The van der Waals surface area contributed by atoms with Crippen LogP contribution in [0, 0.1) is 17.5 Å². The number of benzene rings is 2. The number of carbonyl (C=O) groups excluding carboxylic acids is 1. The number of halogens is 3. The number of imidazole rings is 1. The third-order valence-corrected chi connectivity index (χ3v) is 4.49. The van der Waals surface area contributed by atoms with Crippen molar-refractivity contribution in [3.8, 4) is 11.3 Å². The molecule has 0 fully saturated rings. The zero-order valence-electron chi connectivity index (χ0n) is 15.1. The fourth-order valence-electron chi connectivity index (χ4n) is 3.03. The van der Waals surface area contributed by atoms with Crippen molar-refractivity contribution in [2.24, 2.45) is 5.73 Å². The van der Waals surface area contributed by atoms with E-state index in [1.54, 1.807) is 29.1 Å². The number of hydrogen-bond acceptors (Lipinski definition) is 4. The summed E-state index contributed by atoms with van der Waals surface area (Å²) in [6.45, 7) is 0.0377. The van der Waals surface area contributed by atoms with Gasteiger partial charge in [0.15, 0.2) is 11.6 Å². The Kier molecular flexibility index (Phi) is 4.81. The van der Waals surface area contributed by atoms with Crippen molar-refractivity contribution in [1.82, 2.24) is 14.5 Å². The minimum absolute atomic E-state index is 0.143. The summed E-state index contributed by atoms with van der Waals surface area (Å²) in [5, 5.41) is 3.04. The number of aromatic nitrogens is 2. The number of hydrogen-bond donors (Lipinski definition) is 2. The second kappa shape index (κ2) is 7.44. The third-order valence-electron chi connectivity index (χ3n) is 4.49. The van der Waals surface area contributed by atoms with Crippen molar-refractivity contribution < 1.29 is 18.0 Å². The molecule has 1 amide bonds. The first-order valence-corrected chi connectivity index (χ1v) is 8.73. The van der Waals surface area contributed by atoms with Crippen LogP contribution >= 0.6 is 0 Å². The Balaban J connectivity index is 1.79. The predicted molar refractivity (Wildman–Crippen MR) is 102 cm³/mol. The van der Waals surface area contributed by atoms with Gasteiger partial charge in [0.25, 0.3) is 0 Å². The molecule has 0 bridgehead atoms. The van der Waals surface area contributed by atoms with Crippen molar-refractivity contribution >= 4 is 23.6 Å². The third kappa shape index (κ3) is 3.59. The standard InChI is InChI=1S/C20H16F3N5O/c21-13-3-1-12(2-4-13)19-20(25-14-5-6-15(22)16(23)9-14)28-8-7-27(18(29)10-24)11-17(28)26-19/h1-9,25H,10-11,24H2. The van der Waals surface area contributed by atoms with Crippen LogP contribution in [0.25, 0.3) is 17.5 Å². The highest BCUT2D eigenvalue weighted by atomic mass is 19.2. The molecule has 0 unspecified atom stereocenters. The first-order chi connectivity index (χ1) is 14.0. The highest BCUT2D eigenvalue weighted by molar-refractivity contribution is 5.82. The molecule has 0 radical (unpaired) electrons. The molecular formula is C20H16F3N5O. The topological polar surface area (TPSA) is 76.2 Å². The van der Waals surface area contributed by atoms with Crippen LogP contribution in [-0.2, 0) is 11.3 Å². The van der Waals surface area contributed by atoms with Crippen molar-refractivity contribution in [2.75, 3.05) is 11.9 Å². The first-order valence-electron chi connectivity index (χ1n) is 8.73. The van der Waals surface area contributed by atoms with Crippen LogP contribution in [0.1, 0.15) is 5.82 Å². The van der Waals surface area contributed by atoms with Crippen LogP contribution in [-0.4, -0.2) is 26.9 Å². The van der Waals surface area contributed by atoms with E-state index in [-0.39, 0.29) is 19.0 Å². The lowest BCUT2D eigenvalue weighted by atomic mass is 10.1. The van der Waals surface area contributed by atoms with E-state index in [0.717, 1.165) is 12.1 Å². The molecular weight excluding hydrogens is 383 g/mol. The van der Waals surface area contributed by atoms with E-state index >= 15 is 0 Å². The summed E-state index contributed by atoms with van der Waals surface area (Å²) in [5.74, 6) is -1.62. The van der Waals surface area contributed by atoms with Gasteiger partial charge in [0, 0.05) is 29.7 Å². The van der Waals surface area contributed by atoms with Crippen LogP contribution in [0.5, 0.6) is 0 Å². The van der Waals surface area contributed by atoms with Crippen molar-refractivity contribution in [3.63, 3.8) is 0 Å². The molecule has 3 aromatic rings. The molecule has 0 spiro atoms. The predicted octanol–water partition coefficient (Wildman–Crippen LogP) is 3.44. The highest BCUT2D eigenvalue weighted by Crippen LogP contribution is 2.33. The number of amides is 1. The number of carbonyl (C=O) groups is 1. The van der Waals surface area contributed by atoms with E-state index in [1.165, 1.54) is 23.1 Å². The fraction of sp³-hybridized carbons (Fsp3) is 0.100. The van der Waals surface area contributed by atoms with E-state index in [2.05, 4.69) is 10.3 Å². The van der Waals surface area contributed by atoms with Gasteiger partial charge in [-0.1, -0.05) is 0 Å². The van der Waals surface area contributed by atoms with Gasteiger partial charge >= 0.3 is 0 Å². The van der Waals surface area contributed by atoms with E-state index in [4.69, 9.17) is 5.73 Å². The molecule has 29 heavy (non-hydrogen) atoms. The van der Waals surface area contributed by atoms with Crippen LogP contribution in [0.15, 0.2) is 48.7 Å². The van der Waals surface area contributed by atoms with E-state index < -0.39 is 17.5 Å². The molecule has 9 heteroatoms. The van der Waals surface area contributed by atoms with Crippen molar-refractivity contribution in [2.45, 2.75) is 6.54 Å². The average Bonchev–Trinajstić information content (AvgIpc) is 3.08. The van der Waals surface area contributed by atoms with E-state index in [1.807, 2.05) is 0 Å². The molecule has 0 saturated carbocycles. The van der Waals surface area contributed by atoms with E-state index in [0.29, 0.717) is 28.6 Å². The molecule has 2 aromatic carbocycles. The second-order valence-corrected chi connectivity index (χ2v) is 6.38. The molecule has 1 aliphatic rings. The summed E-state index contributed by atoms with van der Waals surface area (Å²) in [4.78, 5) is 17.9. The summed E-state index contributed by atoms with van der Waals surface area (Å²) < 4.78 is 42.0. The van der Waals surface area contributed by atoms with Crippen molar-refractivity contribution in [1.29, 1.82) is 0 Å². The molecule has 1 aromatic heterocycles. The number of nitrogens with zero attached hydrogens (tertiary/aromatic N) is 3. The Bertz CT molecular complexity index is 1110. The summed E-state index contributed by atoms with van der Waals surface area (Å²) in [7, 11) is 0. The Hall–Kier alpha value is -3.59. The van der Waals surface area contributed by atoms with Crippen LogP contribution < -0.4 is 11.1 Å². The van der Waals surface area contributed by atoms with Gasteiger partial charge in [-0.3, -0.25) is 9.36 Å². The second-order valence-electron chi connectivity index (χ2n) is 6.38. The SMILES string of the molecule is NCC(=O)N1C=Cn2c(nc(-c3ccc(F)cc3)c2Nc2ccc(F)c(F)c2)C1. The maximum Gasteiger partial charge on any atom is 0.240 e. The summed E-state index contributed by atoms with van der Waals surface area (Å²) in [5.41, 5.74) is 6.82.